The molecule has 29 heavy (non-hydrogen) atoms. The fraction of sp³-hybridized carbons (Fsp3) is 0.524. The molecule has 0 saturated carbocycles. The van der Waals surface area contributed by atoms with Crippen molar-refractivity contribution >= 4 is 17.3 Å². The number of aryl methyl sites for hydroxylation is 2. The van der Waals surface area contributed by atoms with E-state index in [-0.39, 0.29) is 11.3 Å². The summed E-state index contributed by atoms with van der Waals surface area (Å²) in [6, 6.07) is 3.92. The molecule has 0 aliphatic carbocycles. The molecule has 1 aromatic carbocycles. The molecular formula is C21H27F3N4O. The van der Waals surface area contributed by atoms with Crippen LogP contribution in [0.2, 0.25) is 0 Å². The van der Waals surface area contributed by atoms with Crippen LogP contribution < -0.4 is 10.2 Å². The highest BCUT2D eigenvalue weighted by molar-refractivity contribution is 5.93. The molecule has 0 radical (unpaired) electrons. The quantitative estimate of drug-likeness (QED) is 0.785. The Kier molecular flexibility index (Phi) is 5.40. The Hall–Kier alpha value is -2.51. The van der Waals surface area contributed by atoms with Gasteiger partial charge in [0, 0.05) is 37.1 Å². The van der Waals surface area contributed by atoms with Crippen LogP contribution in [0.1, 0.15) is 49.8 Å². The number of halogens is 3. The van der Waals surface area contributed by atoms with E-state index in [4.69, 9.17) is 0 Å². The molecule has 3 rings (SSSR count). The van der Waals surface area contributed by atoms with Crippen molar-refractivity contribution in [3.63, 3.8) is 0 Å². The highest BCUT2D eigenvalue weighted by atomic mass is 19.4. The van der Waals surface area contributed by atoms with E-state index in [0.717, 1.165) is 28.7 Å². The second kappa shape index (κ2) is 7.39. The van der Waals surface area contributed by atoms with Crippen molar-refractivity contribution in [2.75, 3.05) is 16.8 Å². The first-order valence-corrected chi connectivity index (χ1v) is 9.63. The molecule has 0 saturated heterocycles. The molecule has 8 heteroatoms. The van der Waals surface area contributed by atoms with Crippen molar-refractivity contribution in [1.29, 1.82) is 0 Å². The Morgan fingerprint density at radius 3 is 2.31 bits per heavy atom. The average Bonchev–Trinajstić information content (AvgIpc) is 3.00. The number of anilines is 2. The maximum absolute atomic E-state index is 12.9. The molecule has 0 fully saturated rings. The standard InChI is InChI=1S/C21H27F3N4O/c1-13-8-15(9-14(2)19(13)26-18(29)10-20(3,4)5)27-6-7-28-11-16(21(22,23)24)25-17(28)12-27/h8-9,11H,6-7,10,12H2,1-5H3,(H,26,29). The Morgan fingerprint density at radius 2 is 1.76 bits per heavy atom. The summed E-state index contributed by atoms with van der Waals surface area (Å²) in [4.78, 5) is 18.1. The number of rotatable bonds is 3. The number of benzene rings is 1. The smallest absolute Gasteiger partial charge is 0.362 e. The molecular weight excluding hydrogens is 381 g/mol. The Bertz CT molecular complexity index is 902. The number of aromatic nitrogens is 2. The number of carbonyl (C=O) groups is 1. The number of hydrogen-bond acceptors (Lipinski definition) is 3. The predicted molar refractivity (Wildman–Crippen MR) is 107 cm³/mol. The maximum Gasteiger partial charge on any atom is 0.434 e. The molecule has 0 spiro atoms. The van der Waals surface area contributed by atoms with E-state index in [9.17, 15) is 18.0 Å². The van der Waals surface area contributed by atoms with Gasteiger partial charge >= 0.3 is 6.18 Å². The monoisotopic (exact) mass is 408 g/mol. The summed E-state index contributed by atoms with van der Waals surface area (Å²) in [5.41, 5.74) is 2.60. The summed E-state index contributed by atoms with van der Waals surface area (Å²) in [6.45, 7) is 11.2. The molecule has 1 aromatic heterocycles. The zero-order valence-electron chi connectivity index (χ0n) is 17.4. The van der Waals surface area contributed by atoms with Gasteiger partial charge in [0.1, 0.15) is 5.82 Å². The van der Waals surface area contributed by atoms with E-state index in [1.165, 1.54) is 0 Å². The lowest BCUT2D eigenvalue weighted by Gasteiger charge is -2.30. The van der Waals surface area contributed by atoms with E-state index >= 15 is 0 Å². The number of imidazole rings is 1. The van der Waals surface area contributed by atoms with Gasteiger partial charge in [-0.1, -0.05) is 20.8 Å². The summed E-state index contributed by atoms with van der Waals surface area (Å²) in [5.74, 6) is 0.373. The summed E-state index contributed by atoms with van der Waals surface area (Å²) >= 11 is 0. The number of nitrogens with zero attached hydrogens (tertiary/aromatic N) is 3. The van der Waals surface area contributed by atoms with E-state index < -0.39 is 11.9 Å². The van der Waals surface area contributed by atoms with Crippen molar-refractivity contribution in [1.82, 2.24) is 9.55 Å². The van der Waals surface area contributed by atoms with Crippen LogP contribution in [-0.2, 0) is 24.1 Å². The maximum atomic E-state index is 12.9. The molecule has 1 amide bonds. The molecule has 1 aliphatic heterocycles. The Labute approximate surface area is 168 Å². The third-order valence-electron chi connectivity index (χ3n) is 4.93. The summed E-state index contributed by atoms with van der Waals surface area (Å²) in [6.07, 6.45) is -2.93. The lowest BCUT2D eigenvalue weighted by Crippen LogP contribution is -2.33. The highest BCUT2D eigenvalue weighted by Crippen LogP contribution is 2.32. The van der Waals surface area contributed by atoms with Gasteiger partial charge < -0.3 is 14.8 Å². The lowest BCUT2D eigenvalue weighted by molar-refractivity contribution is -0.141. The molecule has 1 aliphatic rings. The van der Waals surface area contributed by atoms with Crippen LogP contribution in [0, 0.1) is 19.3 Å². The molecule has 0 bridgehead atoms. The highest BCUT2D eigenvalue weighted by Gasteiger charge is 2.35. The van der Waals surface area contributed by atoms with Gasteiger partial charge in [0.2, 0.25) is 5.91 Å². The second-order valence-electron chi connectivity index (χ2n) is 8.90. The summed E-state index contributed by atoms with van der Waals surface area (Å²) in [7, 11) is 0. The molecule has 5 nitrogen and oxygen atoms in total. The molecule has 2 heterocycles. The van der Waals surface area contributed by atoms with E-state index in [1.54, 1.807) is 4.57 Å². The van der Waals surface area contributed by atoms with E-state index in [2.05, 4.69) is 10.3 Å². The number of alkyl halides is 3. The Balaban J connectivity index is 1.79. The van der Waals surface area contributed by atoms with Gasteiger partial charge in [-0.3, -0.25) is 4.79 Å². The fourth-order valence-corrected chi connectivity index (χ4v) is 3.59. The van der Waals surface area contributed by atoms with Crippen LogP contribution in [-0.4, -0.2) is 22.0 Å². The normalized spacial score (nSPS) is 14.7. The van der Waals surface area contributed by atoms with E-state index in [0.29, 0.717) is 31.9 Å². The fourth-order valence-electron chi connectivity index (χ4n) is 3.59. The molecule has 0 atom stereocenters. The SMILES string of the molecule is Cc1cc(N2CCn3cc(C(F)(F)F)nc3C2)cc(C)c1NC(=O)CC(C)(C)C. The number of amides is 1. The van der Waals surface area contributed by atoms with Gasteiger partial charge in [-0.15, -0.1) is 0 Å². The average molecular weight is 408 g/mol. The third kappa shape index (κ3) is 4.92. The third-order valence-corrected chi connectivity index (χ3v) is 4.93. The van der Waals surface area contributed by atoms with Crippen LogP contribution in [0.3, 0.4) is 0 Å². The van der Waals surface area contributed by atoms with Crippen LogP contribution in [0.25, 0.3) is 0 Å². The molecule has 158 valence electrons. The predicted octanol–water partition coefficient (Wildman–Crippen LogP) is 4.91. The number of nitrogens with one attached hydrogen (secondary N) is 1. The van der Waals surface area contributed by atoms with Crippen molar-refractivity contribution in [2.24, 2.45) is 5.41 Å². The van der Waals surface area contributed by atoms with Crippen LogP contribution in [0.15, 0.2) is 18.3 Å². The first-order chi connectivity index (χ1) is 13.3. The lowest BCUT2D eigenvalue weighted by atomic mass is 9.92. The van der Waals surface area contributed by atoms with Crippen LogP contribution >= 0.6 is 0 Å². The Morgan fingerprint density at radius 1 is 1.14 bits per heavy atom. The minimum absolute atomic E-state index is 0.0314. The topological polar surface area (TPSA) is 50.2 Å². The van der Waals surface area contributed by atoms with Gasteiger partial charge in [0.05, 0.1) is 6.54 Å². The summed E-state index contributed by atoms with van der Waals surface area (Å²) in [5, 5.41) is 3.00. The largest absolute Gasteiger partial charge is 0.434 e. The number of carbonyl (C=O) groups excluding carboxylic acids is 1. The minimum atomic E-state index is -4.44. The molecule has 1 N–H and O–H groups in total. The minimum Gasteiger partial charge on any atom is -0.362 e. The van der Waals surface area contributed by atoms with Gasteiger partial charge in [-0.25, -0.2) is 4.98 Å². The van der Waals surface area contributed by atoms with Gasteiger partial charge in [0.25, 0.3) is 0 Å². The van der Waals surface area contributed by atoms with Crippen LogP contribution in [0.5, 0.6) is 0 Å². The number of hydrogen-bond donors (Lipinski definition) is 1. The van der Waals surface area contributed by atoms with Gasteiger partial charge in [0.15, 0.2) is 5.69 Å². The van der Waals surface area contributed by atoms with Crippen molar-refractivity contribution in [3.8, 4) is 0 Å². The number of fused-ring (bicyclic) bond motifs is 1. The van der Waals surface area contributed by atoms with Crippen LogP contribution in [0.4, 0.5) is 24.5 Å². The summed E-state index contributed by atoms with van der Waals surface area (Å²) < 4.78 is 40.4. The van der Waals surface area contributed by atoms with Crippen molar-refractivity contribution in [3.05, 3.63) is 41.0 Å². The first-order valence-electron chi connectivity index (χ1n) is 9.63. The zero-order chi connectivity index (χ0) is 21.6. The molecule has 2 aromatic rings. The van der Waals surface area contributed by atoms with E-state index in [1.807, 2.05) is 51.7 Å². The zero-order valence-corrected chi connectivity index (χ0v) is 17.4. The first kappa shape index (κ1) is 21.2. The van der Waals surface area contributed by atoms with Crippen molar-refractivity contribution < 1.29 is 18.0 Å². The van der Waals surface area contributed by atoms with Gasteiger partial charge in [-0.2, -0.15) is 13.2 Å². The second-order valence-corrected chi connectivity index (χ2v) is 8.90. The van der Waals surface area contributed by atoms with Crippen molar-refractivity contribution in [2.45, 2.75) is 60.3 Å². The molecule has 0 unspecified atom stereocenters. The van der Waals surface area contributed by atoms with Gasteiger partial charge in [-0.05, 0) is 42.5 Å².